The molecular weight excluding hydrogens is 272 g/mol. The number of hydrogen-bond acceptors (Lipinski definition) is 3. The molecule has 2 rings (SSSR count). The summed E-state index contributed by atoms with van der Waals surface area (Å²) in [6.07, 6.45) is 3.04. The summed E-state index contributed by atoms with van der Waals surface area (Å²) in [6, 6.07) is 5.22. The zero-order valence-corrected chi connectivity index (χ0v) is 10.4. The highest BCUT2D eigenvalue weighted by Gasteiger charge is 2.45. The Morgan fingerprint density at radius 2 is 2.19 bits per heavy atom. The van der Waals surface area contributed by atoms with Gasteiger partial charge < -0.3 is 5.73 Å². The van der Waals surface area contributed by atoms with E-state index in [0.717, 1.165) is 24.8 Å². The van der Waals surface area contributed by atoms with Gasteiger partial charge in [0.25, 0.3) is 5.69 Å². The Morgan fingerprint density at radius 1 is 1.50 bits per heavy atom. The summed E-state index contributed by atoms with van der Waals surface area (Å²) in [4.78, 5) is 10.5. The summed E-state index contributed by atoms with van der Waals surface area (Å²) in [5.41, 5.74) is 6.85. The Morgan fingerprint density at radius 3 is 2.69 bits per heavy atom. The third kappa shape index (κ3) is 1.85. The van der Waals surface area contributed by atoms with Gasteiger partial charge >= 0.3 is 0 Å². The molecule has 5 heteroatoms. The average Bonchev–Trinajstić information content (AvgIpc) is 2.99. The Labute approximate surface area is 102 Å². The van der Waals surface area contributed by atoms with E-state index >= 15 is 0 Å². The molecular formula is C11H13BrN2O2. The van der Waals surface area contributed by atoms with E-state index in [1.807, 2.05) is 6.07 Å². The van der Waals surface area contributed by atoms with Crippen molar-refractivity contribution in [3.05, 3.63) is 38.3 Å². The quantitative estimate of drug-likeness (QED) is 0.683. The first kappa shape index (κ1) is 11.5. The molecule has 0 unspecified atom stereocenters. The summed E-state index contributed by atoms with van der Waals surface area (Å²) in [5, 5.41) is 10.8. The van der Waals surface area contributed by atoms with Gasteiger partial charge in [-0.1, -0.05) is 12.1 Å². The van der Waals surface area contributed by atoms with E-state index in [2.05, 4.69) is 15.9 Å². The molecule has 1 aromatic carbocycles. The van der Waals surface area contributed by atoms with Crippen molar-refractivity contribution in [3.8, 4) is 0 Å². The van der Waals surface area contributed by atoms with Crippen LogP contribution in [-0.4, -0.2) is 11.5 Å². The van der Waals surface area contributed by atoms with E-state index in [4.69, 9.17) is 5.73 Å². The van der Waals surface area contributed by atoms with Gasteiger partial charge in [0.1, 0.15) is 0 Å². The first-order valence-electron chi connectivity index (χ1n) is 5.24. The maximum Gasteiger partial charge on any atom is 0.283 e. The largest absolute Gasteiger partial charge is 0.330 e. The fraction of sp³-hybridized carbons (Fsp3) is 0.455. The predicted octanol–water partition coefficient (Wildman–Crippen LogP) is 2.74. The van der Waals surface area contributed by atoms with Gasteiger partial charge in [0.2, 0.25) is 0 Å². The highest BCUT2D eigenvalue weighted by atomic mass is 79.9. The van der Waals surface area contributed by atoms with Gasteiger partial charge in [-0.2, -0.15) is 0 Å². The first-order valence-corrected chi connectivity index (χ1v) is 6.03. The van der Waals surface area contributed by atoms with Gasteiger partial charge in [0, 0.05) is 6.07 Å². The molecule has 1 aliphatic carbocycles. The standard InChI is InChI=1S/C11H13BrN2O2/c12-10-8(11(4-5-11)6-7-13)2-1-3-9(10)14(15)16/h1-3H,4-7,13H2. The lowest BCUT2D eigenvalue weighted by Gasteiger charge is -2.16. The van der Waals surface area contributed by atoms with Crippen LogP contribution in [0.15, 0.2) is 22.7 Å². The highest BCUT2D eigenvalue weighted by Crippen LogP contribution is 2.53. The van der Waals surface area contributed by atoms with Crippen molar-refractivity contribution in [2.75, 3.05) is 6.54 Å². The fourth-order valence-electron chi connectivity index (χ4n) is 2.15. The Bertz CT molecular complexity index is 430. The van der Waals surface area contributed by atoms with Crippen molar-refractivity contribution >= 4 is 21.6 Å². The Hall–Kier alpha value is -0.940. The van der Waals surface area contributed by atoms with Crippen LogP contribution in [0.5, 0.6) is 0 Å². The van der Waals surface area contributed by atoms with Gasteiger partial charge in [0.15, 0.2) is 0 Å². The molecule has 1 aromatic rings. The third-order valence-corrected chi connectivity index (χ3v) is 4.06. The maximum absolute atomic E-state index is 10.8. The third-order valence-electron chi connectivity index (χ3n) is 3.22. The molecule has 0 spiro atoms. The van der Waals surface area contributed by atoms with Crippen molar-refractivity contribution in [1.82, 2.24) is 0 Å². The molecule has 1 aliphatic rings. The lowest BCUT2D eigenvalue weighted by atomic mass is 9.92. The zero-order chi connectivity index (χ0) is 11.8. The van der Waals surface area contributed by atoms with Gasteiger partial charge in [-0.15, -0.1) is 0 Å². The lowest BCUT2D eigenvalue weighted by molar-refractivity contribution is -0.385. The minimum absolute atomic E-state index is 0.0829. The van der Waals surface area contributed by atoms with Crippen LogP contribution in [-0.2, 0) is 5.41 Å². The van der Waals surface area contributed by atoms with Gasteiger partial charge in [-0.3, -0.25) is 10.1 Å². The van der Waals surface area contributed by atoms with E-state index in [9.17, 15) is 10.1 Å². The number of halogens is 1. The molecule has 86 valence electrons. The molecule has 0 aliphatic heterocycles. The Balaban J connectivity index is 2.42. The van der Waals surface area contributed by atoms with Gasteiger partial charge in [-0.25, -0.2) is 0 Å². The summed E-state index contributed by atoms with van der Waals surface area (Å²) >= 11 is 3.35. The molecule has 1 fully saturated rings. The minimum atomic E-state index is -0.355. The minimum Gasteiger partial charge on any atom is -0.330 e. The molecule has 0 radical (unpaired) electrons. The first-order chi connectivity index (χ1) is 7.60. The average molecular weight is 285 g/mol. The number of nitrogens with zero attached hydrogens (tertiary/aromatic N) is 1. The maximum atomic E-state index is 10.8. The van der Waals surface area contributed by atoms with E-state index in [-0.39, 0.29) is 16.0 Å². The van der Waals surface area contributed by atoms with E-state index in [1.54, 1.807) is 6.07 Å². The molecule has 2 N–H and O–H groups in total. The lowest BCUT2D eigenvalue weighted by Crippen LogP contribution is -2.14. The highest BCUT2D eigenvalue weighted by molar-refractivity contribution is 9.10. The summed E-state index contributed by atoms with van der Waals surface area (Å²) in [5.74, 6) is 0. The second-order valence-electron chi connectivity index (χ2n) is 4.21. The summed E-state index contributed by atoms with van der Waals surface area (Å²) < 4.78 is 0.617. The SMILES string of the molecule is NCCC1(c2cccc([N+](=O)[O-])c2Br)CC1. The van der Waals surface area contributed by atoms with Crippen molar-refractivity contribution < 1.29 is 4.92 Å². The molecule has 0 aromatic heterocycles. The monoisotopic (exact) mass is 284 g/mol. The van der Waals surface area contributed by atoms with Crippen molar-refractivity contribution in [1.29, 1.82) is 0 Å². The molecule has 0 amide bonds. The smallest absolute Gasteiger partial charge is 0.283 e. The Kier molecular flexibility index (Phi) is 2.99. The van der Waals surface area contributed by atoms with Gasteiger partial charge in [0.05, 0.1) is 9.40 Å². The van der Waals surface area contributed by atoms with Crippen LogP contribution in [0.2, 0.25) is 0 Å². The molecule has 0 atom stereocenters. The zero-order valence-electron chi connectivity index (χ0n) is 8.78. The van der Waals surface area contributed by atoms with Crippen molar-refractivity contribution in [3.63, 3.8) is 0 Å². The topological polar surface area (TPSA) is 69.2 Å². The normalized spacial score (nSPS) is 17.1. The second-order valence-corrected chi connectivity index (χ2v) is 5.01. The van der Waals surface area contributed by atoms with Crippen LogP contribution in [0.3, 0.4) is 0 Å². The van der Waals surface area contributed by atoms with E-state index in [1.165, 1.54) is 6.07 Å². The number of nitro benzene ring substituents is 1. The van der Waals surface area contributed by atoms with E-state index in [0.29, 0.717) is 11.0 Å². The molecule has 1 saturated carbocycles. The predicted molar refractivity (Wildman–Crippen MR) is 65.4 cm³/mol. The summed E-state index contributed by atoms with van der Waals surface area (Å²) in [7, 11) is 0. The van der Waals surface area contributed by atoms with Crippen LogP contribution in [0.1, 0.15) is 24.8 Å². The summed E-state index contributed by atoms with van der Waals surface area (Å²) in [6.45, 7) is 0.620. The number of rotatable bonds is 4. The van der Waals surface area contributed by atoms with Crippen molar-refractivity contribution in [2.45, 2.75) is 24.7 Å². The molecule has 0 heterocycles. The van der Waals surface area contributed by atoms with Crippen LogP contribution in [0.4, 0.5) is 5.69 Å². The molecule has 0 bridgehead atoms. The van der Waals surface area contributed by atoms with E-state index < -0.39 is 0 Å². The second kappa shape index (κ2) is 4.14. The van der Waals surface area contributed by atoms with Crippen LogP contribution < -0.4 is 5.73 Å². The molecule has 16 heavy (non-hydrogen) atoms. The molecule has 0 saturated heterocycles. The van der Waals surface area contributed by atoms with Crippen LogP contribution >= 0.6 is 15.9 Å². The number of hydrogen-bond donors (Lipinski definition) is 1. The molecule has 4 nitrogen and oxygen atoms in total. The van der Waals surface area contributed by atoms with Gasteiger partial charge in [-0.05, 0) is 52.7 Å². The van der Waals surface area contributed by atoms with Crippen molar-refractivity contribution in [2.24, 2.45) is 5.73 Å². The van der Waals surface area contributed by atoms with Crippen LogP contribution in [0, 0.1) is 10.1 Å². The number of nitrogens with two attached hydrogens (primary N) is 1. The van der Waals surface area contributed by atoms with Crippen LogP contribution in [0.25, 0.3) is 0 Å². The number of benzene rings is 1. The number of nitro groups is 1. The fourth-order valence-corrected chi connectivity index (χ4v) is 2.98.